The van der Waals surface area contributed by atoms with E-state index in [0.717, 1.165) is 115 Å². The lowest BCUT2D eigenvalue weighted by molar-refractivity contribution is -0.161. The van der Waals surface area contributed by atoms with Crippen molar-refractivity contribution >= 4 is 39.5 Å². The van der Waals surface area contributed by atoms with E-state index >= 15 is 0 Å². The van der Waals surface area contributed by atoms with E-state index < -0.39 is 97.5 Å². The van der Waals surface area contributed by atoms with Crippen molar-refractivity contribution in [2.45, 2.75) is 432 Å². The van der Waals surface area contributed by atoms with Crippen LogP contribution in [0.4, 0.5) is 0 Å². The van der Waals surface area contributed by atoms with Crippen molar-refractivity contribution in [3.05, 3.63) is 24.3 Å². The molecule has 596 valence electrons. The zero-order valence-corrected chi connectivity index (χ0v) is 67.3. The number of carbonyl (C=O) groups excluding carboxylic acids is 4. The molecular formula is C82H156O17P2. The van der Waals surface area contributed by atoms with Gasteiger partial charge < -0.3 is 33.8 Å². The van der Waals surface area contributed by atoms with E-state index in [-0.39, 0.29) is 25.7 Å². The van der Waals surface area contributed by atoms with Crippen molar-refractivity contribution in [3.8, 4) is 0 Å². The first-order chi connectivity index (χ1) is 49.1. The smallest absolute Gasteiger partial charge is 0.462 e. The Kier molecular flexibility index (Phi) is 72.6. The zero-order chi connectivity index (χ0) is 74.1. The summed E-state index contributed by atoms with van der Waals surface area (Å²) in [5.41, 5.74) is 0. The van der Waals surface area contributed by atoms with E-state index in [0.29, 0.717) is 25.7 Å². The molecule has 0 radical (unpaired) electrons. The van der Waals surface area contributed by atoms with E-state index in [2.05, 4.69) is 58.9 Å². The van der Waals surface area contributed by atoms with Crippen molar-refractivity contribution < 1.29 is 80.2 Å². The average molecular weight is 1480 g/mol. The molecule has 0 heterocycles. The second-order valence-corrected chi connectivity index (χ2v) is 32.0. The molecule has 0 amide bonds. The number of phosphoric ester groups is 2. The predicted molar refractivity (Wildman–Crippen MR) is 414 cm³/mol. The van der Waals surface area contributed by atoms with Gasteiger partial charge in [-0.1, -0.05) is 361 Å². The number of carbonyl (C=O) groups is 4. The number of unbranched alkanes of at least 4 members (excludes halogenated alkanes) is 48. The highest BCUT2D eigenvalue weighted by Crippen LogP contribution is 2.45. The van der Waals surface area contributed by atoms with Gasteiger partial charge in [-0.3, -0.25) is 37.3 Å². The number of hydrogen-bond acceptors (Lipinski definition) is 15. The summed E-state index contributed by atoms with van der Waals surface area (Å²) in [7, 11) is -9.93. The summed E-state index contributed by atoms with van der Waals surface area (Å²) < 4.78 is 68.7. The Bertz CT molecular complexity index is 2020. The van der Waals surface area contributed by atoms with Gasteiger partial charge in [-0.2, -0.15) is 0 Å². The Balaban J connectivity index is 5.25. The molecule has 0 aromatic rings. The number of aliphatic hydroxyl groups is 1. The van der Waals surface area contributed by atoms with Crippen LogP contribution < -0.4 is 0 Å². The minimum atomic E-state index is -4.97. The highest BCUT2D eigenvalue weighted by Gasteiger charge is 2.30. The van der Waals surface area contributed by atoms with Crippen LogP contribution in [0.25, 0.3) is 0 Å². The van der Waals surface area contributed by atoms with Crippen LogP contribution in [0.3, 0.4) is 0 Å². The van der Waals surface area contributed by atoms with Crippen molar-refractivity contribution in [1.82, 2.24) is 0 Å². The topological polar surface area (TPSA) is 237 Å². The summed E-state index contributed by atoms with van der Waals surface area (Å²) in [4.78, 5) is 73.0. The zero-order valence-electron chi connectivity index (χ0n) is 65.5. The third-order valence-corrected chi connectivity index (χ3v) is 20.9. The molecule has 0 spiro atoms. The van der Waals surface area contributed by atoms with Crippen LogP contribution in [-0.4, -0.2) is 96.7 Å². The van der Waals surface area contributed by atoms with Crippen LogP contribution in [0.2, 0.25) is 0 Å². The lowest BCUT2D eigenvalue weighted by atomic mass is 9.99. The fourth-order valence-corrected chi connectivity index (χ4v) is 13.8. The van der Waals surface area contributed by atoms with Crippen LogP contribution in [0.5, 0.6) is 0 Å². The van der Waals surface area contributed by atoms with Gasteiger partial charge in [0.05, 0.1) is 26.4 Å². The maximum Gasteiger partial charge on any atom is 0.472 e. The third-order valence-electron chi connectivity index (χ3n) is 19.0. The first-order valence-corrected chi connectivity index (χ1v) is 45.0. The molecule has 0 bridgehead atoms. The summed E-state index contributed by atoms with van der Waals surface area (Å²) in [5, 5.41) is 10.6. The Morgan fingerprint density at radius 3 is 0.842 bits per heavy atom. The van der Waals surface area contributed by atoms with E-state index in [1.54, 1.807) is 0 Å². The van der Waals surface area contributed by atoms with E-state index in [1.165, 1.54) is 218 Å². The van der Waals surface area contributed by atoms with Gasteiger partial charge in [0, 0.05) is 25.7 Å². The maximum atomic E-state index is 13.1. The minimum Gasteiger partial charge on any atom is -0.462 e. The Labute approximate surface area is 618 Å². The molecule has 0 aliphatic heterocycles. The second-order valence-electron chi connectivity index (χ2n) is 29.1. The highest BCUT2D eigenvalue weighted by atomic mass is 31.2. The minimum absolute atomic E-state index is 0.102. The first kappa shape index (κ1) is 98.5. The van der Waals surface area contributed by atoms with Crippen molar-refractivity contribution in [2.75, 3.05) is 39.6 Å². The van der Waals surface area contributed by atoms with Crippen molar-refractivity contribution in [2.24, 2.45) is 5.92 Å². The molecule has 0 aromatic carbocycles. The fraction of sp³-hybridized carbons (Fsp3) is 0.902. The lowest BCUT2D eigenvalue weighted by Crippen LogP contribution is -2.30. The molecule has 101 heavy (non-hydrogen) atoms. The van der Waals surface area contributed by atoms with Gasteiger partial charge in [-0.15, -0.1) is 0 Å². The van der Waals surface area contributed by atoms with Gasteiger partial charge in [-0.05, 0) is 57.3 Å². The second kappa shape index (κ2) is 74.4. The molecule has 0 saturated heterocycles. The Hall–Kier alpha value is -2.46. The van der Waals surface area contributed by atoms with Gasteiger partial charge in [-0.25, -0.2) is 9.13 Å². The largest absolute Gasteiger partial charge is 0.472 e. The molecule has 0 aliphatic rings. The molecule has 19 heteroatoms. The van der Waals surface area contributed by atoms with Gasteiger partial charge in [0.2, 0.25) is 0 Å². The van der Waals surface area contributed by atoms with Gasteiger partial charge in [0.25, 0.3) is 0 Å². The molecule has 0 aromatic heterocycles. The van der Waals surface area contributed by atoms with Gasteiger partial charge in [0.1, 0.15) is 19.3 Å². The Morgan fingerprint density at radius 2 is 0.554 bits per heavy atom. The molecule has 0 fully saturated rings. The van der Waals surface area contributed by atoms with Crippen LogP contribution in [0, 0.1) is 5.92 Å². The van der Waals surface area contributed by atoms with Gasteiger partial charge in [0.15, 0.2) is 12.2 Å². The quantitative estimate of drug-likeness (QED) is 0.0169. The molecule has 0 rings (SSSR count). The highest BCUT2D eigenvalue weighted by molar-refractivity contribution is 7.47. The van der Waals surface area contributed by atoms with Crippen molar-refractivity contribution in [3.63, 3.8) is 0 Å². The summed E-state index contributed by atoms with van der Waals surface area (Å²) in [6.07, 6.45) is 68.8. The summed E-state index contributed by atoms with van der Waals surface area (Å²) >= 11 is 0. The lowest BCUT2D eigenvalue weighted by Gasteiger charge is -2.21. The van der Waals surface area contributed by atoms with Crippen LogP contribution in [0.15, 0.2) is 24.3 Å². The monoisotopic (exact) mass is 1480 g/mol. The summed E-state index contributed by atoms with van der Waals surface area (Å²) in [5.74, 6) is -1.37. The predicted octanol–water partition coefficient (Wildman–Crippen LogP) is 24.4. The standard InChI is InChI=1S/C82H156O17P2/c1-6-10-13-16-19-22-25-28-30-31-32-33-34-35-36-38-40-43-46-52-57-62-67-81(86)98-77(71-92-80(85)66-61-56-51-45-42-39-37-29-26-23-20-17-14-11-7-2)73-96-100(88,89)94-69-76(83)70-95-101(90,91)97-74-78(99-82(87)68-63-58-53-48-47-49-54-59-64-75(5)9-4)72-93-79(84)65-60-55-50-44-41-27-24-21-18-15-12-8-3/h23,26,29,37,75-78,83H,6-22,24-25,27-28,30-36,38-74H2,1-5H3,(H,88,89)(H,90,91)/b26-23-,37-29-/t75?,76-,77-,78-/m1/s1. The van der Waals surface area contributed by atoms with Crippen LogP contribution in [-0.2, 0) is 65.4 Å². The Morgan fingerprint density at radius 1 is 0.317 bits per heavy atom. The number of hydrogen-bond donors (Lipinski definition) is 3. The molecule has 0 aliphatic carbocycles. The summed E-state index contributed by atoms with van der Waals surface area (Å²) in [6.45, 7) is 7.26. The third kappa shape index (κ3) is 74.2. The number of rotatable bonds is 80. The number of esters is 4. The van der Waals surface area contributed by atoms with E-state index in [4.69, 9.17) is 37.0 Å². The number of aliphatic hydroxyl groups excluding tert-OH is 1. The molecule has 6 atom stereocenters. The molecule has 17 nitrogen and oxygen atoms in total. The van der Waals surface area contributed by atoms with E-state index in [9.17, 15) is 43.2 Å². The molecular weight excluding hydrogens is 1320 g/mol. The first-order valence-electron chi connectivity index (χ1n) is 42.0. The number of allylic oxidation sites excluding steroid dienone is 4. The molecule has 3 N–H and O–H groups in total. The summed E-state index contributed by atoms with van der Waals surface area (Å²) in [6, 6.07) is 0. The van der Waals surface area contributed by atoms with Crippen LogP contribution >= 0.6 is 15.6 Å². The average Bonchev–Trinajstić information content (AvgIpc) is 0.965. The van der Waals surface area contributed by atoms with Crippen LogP contribution in [0.1, 0.15) is 413 Å². The van der Waals surface area contributed by atoms with Crippen molar-refractivity contribution in [1.29, 1.82) is 0 Å². The van der Waals surface area contributed by atoms with E-state index in [1.807, 2.05) is 0 Å². The molecule has 0 saturated carbocycles. The molecule has 3 unspecified atom stereocenters. The normalized spacial score (nSPS) is 14.3. The number of phosphoric acid groups is 2. The SMILES string of the molecule is CCCCCC/C=C\C=C/CCCCCCCC(=O)OC[C@H](COP(=O)(O)OC[C@@H](O)COP(=O)(O)OC[C@@H](COC(=O)CCCCCCCCCCCCCC)OC(=O)CCCCCCCCCCC(C)CC)OC(=O)CCCCCCCCCCCCCCCCCCCCCCCC. The maximum absolute atomic E-state index is 13.1. The fourth-order valence-electron chi connectivity index (χ4n) is 12.2. The van der Waals surface area contributed by atoms with Gasteiger partial charge >= 0.3 is 39.5 Å². The number of ether oxygens (including phenoxy) is 4.